The second-order valence-electron chi connectivity index (χ2n) is 6.91. The van der Waals surface area contributed by atoms with Crippen LogP contribution in [0.2, 0.25) is 0 Å². The Hall–Kier alpha value is -2.57. The van der Waals surface area contributed by atoms with Crippen molar-refractivity contribution in [1.29, 1.82) is 0 Å². The molecule has 0 radical (unpaired) electrons. The van der Waals surface area contributed by atoms with Crippen molar-refractivity contribution in [3.63, 3.8) is 0 Å². The topological polar surface area (TPSA) is 84.9 Å². The Morgan fingerprint density at radius 1 is 1.22 bits per heavy atom. The molecule has 1 heterocycles. The third-order valence-electron chi connectivity index (χ3n) is 4.80. The van der Waals surface area contributed by atoms with Gasteiger partial charge in [0.25, 0.3) is 5.91 Å². The van der Waals surface area contributed by atoms with Crippen LogP contribution in [0, 0.1) is 6.92 Å². The Kier molecular flexibility index (Phi) is 6.82. The molecule has 1 aromatic rings. The van der Waals surface area contributed by atoms with Crippen molar-refractivity contribution in [3.05, 3.63) is 29.3 Å². The van der Waals surface area contributed by atoms with Gasteiger partial charge in [0.05, 0.1) is 13.7 Å². The average molecular weight is 376 g/mol. The van der Waals surface area contributed by atoms with E-state index in [1.165, 1.54) is 0 Å². The quantitative estimate of drug-likeness (QED) is 0.407. The lowest BCUT2D eigenvalue weighted by Gasteiger charge is -2.23. The molecule has 27 heavy (non-hydrogen) atoms. The first-order valence-corrected chi connectivity index (χ1v) is 9.28. The van der Waals surface area contributed by atoms with Crippen LogP contribution in [0.15, 0.2) is 18.2 Å². The van der Waals surface area contributed by atoms with Gasteiger partial charge in [0.2, 0.25) is 0 Å². The molecule has 1 aromatic carbocycles. The molecule has 1 saturated heterocycles. The SMILES string of the molecule is CCCCCCOC(=O)CN1C(=O)NC(C)(c2ccc(OC)c(C)c2)C1=O. The lowest BCUT2D eigenvalue weighted by Crippen LogP contribution is -2.41. The predicted molar refractivity (Wildman–Crippen MR) is 100 cm³/mol. The molecule has 1 N–H and O–H groups in total. The summed E-state index contributed by atoms with van der Waals surface area (Å²) in [5.41, 5.74) is 0.257. The first-order valence-electron chi connectivity index (χ1n) is 9.28. The molecule has 0 aliphatic carbocycles. The molecule has 1 atom stereocenters. The van der Waals surface area contributed by atoms with E-state index in [-0.39, 0.29) is 6.54 Å². The molecule has 0 aromatic heterocycles. The van der Waals surface area contributed by atoms with Gasteiger partial charge in [-0.3, -0.25) is 14.5 Å². The molecule has 7 nitrogen and oxygen atoms in total. The van der Waals surface area contributed by atoms with Gasteiger partial charge in [-0.25, -0.2) is 4.79 Å². The third kappa shape index (κ3) is 4.59. The van der Waals surface area contributed by atoms with Gasteiger partial charge in [-0.05, 0) is 43.5 Å². The highest BCUT2D eigenvalue weighted by Gasteiger charge is 2.49. The van der Waals surface area contributed by atoms with Gasteiger partial charge in [0.1, 0.15) is 17.8 Å². The zero-order valence-electron chi connectivity index (χ0n) is 16.5. The fourth-order valence-electron chi connectivity index (χ4n) is 3.12. The number of amides is 3. The summed E-state index contributed by atoms with van der Waals surface area (Å²) in [7, 11) is 1.57. The number of rotatable bonds is 9. The van der Waals surface area contributed by atoms with Crippen LogP contribution in [0.1, 0.15) is 50.7 Å². The fourth-order valence-corrected chi connectivity index (χ4v) is 3.12. The van der Waals surface area contributed by atoms with E-state index >= 15 is 0 Å². The van der Waals surface area contributed by atoms with E-state index in [0.29, 0.717) is 17.9 Å². The van der Waals surface area contributed by atoms with Crippen LogP contribution in [-0.4, -0.2) is 43.1 Å². The number of unbranched alkanes of at least 4 members (excludes halogenated alkanes) is 3. The largest absolute Gasteiger partial charge is 0.496 e. The molecule has 1 unspecified atom stereocenters. The van der Waals surface area contributed by atoms with Crippen molar-refractivity contribution < 1.29 is 23.9 Å². The number of urea groups is 1. The molecule has 7 heteroatoms. The Labute approximate surface area is 160 Å². The maximum atomic E-state index is 12.9. The van der Waals surface area contributed by atoms with E-state index < -0.39 is 23.4 Å². The first-order chi connectivity index (χ1) is 12.8. The molecule has 1 aliphatic heterocycles. The number of esters is 1. The number of carbonyl (C=O) groups is 3. The molecule has 1 fully saturated rings. The number of hydrogen-bond acceptors (Lipinski definition) is 5. The van der Waals surface area contributed by atoms with Crippen molar-refractivity contribution in [1.82, 2.24) is 10.2 Å². The summed E-state index contributed by atoms with van der Waals surface area (Å²) in [6.45, 7) is 5.51. The summed E-state index contributed by atoms with van der Waals surface area (Å²) in [6, 6.07) is 4.69. The lowest BCUT2D eigenvalue weighted by molar-refractivity contribution is -0.147. The summed E-state index contributed by atoms with van der Waals surface area (Å²) in [4.78, 5) is 38.1. The van der Waals surface area contributed by atoms with Gasteiger partial charge >= 0.3 is 12.0 Å². The van der Waals surface area contributed by atoms with Gasteiger partial charge in [-0.2, -0.15) is 0 Å². The van der Waals surface area contributed by atoms with E-state index in [1.807, 2.05) is 6.92 Å². The van der Waals surface area contributed by atoms with E-state index in [0.717, 1.165) is 36.1 Å². The monoisotopic (exact) mass is 376 g/mol. The highest BCUT2D eigenvalue weighted by Crippen LogP contribution is 2.31. The average Bonchev–Trinajstić information content (AvgIpc) is 2.85. The smallest absolute Gasteiger partial charge is 0.326 e. The second kappa shape index (κ2) is 8.88. The van der Waals surface area contributed by atoms with Gasteiger partial charge in [-0.15, -0.1) is 0 Å². The molecular weight excluding hydrogens is 348 g/mol. The van der Waals surface area contributed by atoms with Gasteiger partial charge in [0.15, 0.2) is 0 Å². The molecule has 0 saturated carbocycles. The van der Waals surface area contributed by atoms with Gasteiger partial charge < -0.3 is 14.8 Å². The van der Waals surface area contributed by atoms with Crippen molar-refractivity contribution in [3.8, 4) is 5.75 Å². The molecule has 2 rings (SSSR count). The van der Waals surface area contributed by atoms with Crippen molar-refractivity contribution in [2.24, 2.45) is 0 Å². The highest BCUT2D eigenvalue weighted by molar-refractivity contribution is 6.08. The van der Waals surface area contributed by atoms with Crippen LogP contribution in [0.25, 0.3) is 0 Å². The van der Waals surface area contributed by atoms with E-state index in [9.17, 15) is 14.4 Å². The lowest BCUT2D eigenvalue weighted by atomic mass is 9.90. The number of methoxy groups -OCH3 is 1. The second-order valence-corrected chi connectivity index (χ2v) is 6.91. The number of nitrogens with zero attached hydrogens (tertiary/aromatic N) is 1. The van der Waals surface area contributed by atoms with Crippen LogP contribution in [-0.2, 0) is 19.9 Å². The number of hydrogen-bond donors (Lipinski definition) is 1. The number of benzene rings is 1. The maximum absolute atomic E-state index is 12.9. The maximum Gasteiger partial charge on any atom is 0.326 e. The summed E-state index contributed by atoms with van der Waals surface area (Å²) in [5.74, 6) is -0.354. The molecule has 1 aliphatic rings. The Morgan fingerprint density at radius 2 is 1.96 bits per heavy atom. The Balaban J connectivity index is 2.03. The van der Waals surface area contributed by atoms with Crippen LogP contribution >= 0.6 is 0 Å². The molecule has 3 amide bonds. The zero-order chi connectivity index (χ0) is 20.0. The minimum atomic E-state index is -1.23. The zero-order valence-corrected chi connectivity index (χ0v) is 16.5. The minimum absolute atomic E-state index is 0.303. The first kappa shape index (κ1) is 20.7. The van der Waals surface area contributed by atoms with Gasteiger partial charge in [0, 0.05) is 0 Å². The number of imide groups is 1. The van der Waals surface area contributed by atoms with E-state index in [4.69, 9.17) is 9.47 Å². The number of ether oxygens (including phenoxy) is 2. The molecular formula is C20H28N2O5. The van der Waals surface area contributed by atoms with Crippen molar-refractivity contribution in [2.75, 3.05) is 20.3 Å². The minimum Gasteiger partial charge on any atom is -0.496 e. The predicted octanol–water partition coefficient (Wildman–Crippen LogP) is 2.89. The van der Waals surface area contributed by atoms with Crippen molar-refractivity contribution >= 4 is 17.9 Å². The summed E-state index contributed by atoms with van der Waals surface area (Å²) in [6.07, 6.45) is 3.95. The molecule has 0 spiro atoms. The molecule has 148 valence electrons. The van der Waals surface area contributed by atoms with Crippen molar-refractivity contribution in [2.45, 2.75) is 52.0 Å². The third-order valence-corrected chi connectivity index (χ3v) is 4.80. The summed E-state index contributed by atoms with van der Waals surface area (Å²) < 4.78 is 10.4. The summed E-state index contributed by atoms with van der Waals surface area (Å²) in [5, 5.41) is 2.69. The van der Waals surface area contributed by atoms with Crippen LogP contribution < -0.4 is 10.1 Å². The summed E-state index contributed by atoms with van der Waals surface area (Å²) >= 11 is 0. The number of carbonyl (C=O) groups excluding carboxylic acids is 3. The Morgan fingerprint density at radius 3 is 2.59 bits per heavy atom. The van der Waals surface area contributed by atoms with E-state index in [2.05, 4.69) is 12.2 Å². The normalized spacial score (nSPS) is 19.2. The van der Waals surface area contributed by atoms with Gasteiger partial charge in [-0.1, -0.05) is 32.3 Å². The Bertz CT molecular complexity index is 718. The number of aryl methyl sites for hydroxylation is 1. The van der Waals surface area contributed by atoms with Crippen LogP contribution in [0.3, 0.4) is 0 Å². The highest BCUT2D eigenvalue weighted by atomic mass is 16.5. The van der Waals surface area contributed by atoms with Crippen LogP contribution in [0.4, 0.5) is 4.79 Å². The number of nitrogens with one attached hydrogen (secondary N) is 1. The van der Waals surface area contributed by atoms with E-state index in [1.54, 1.807) is 32.2 Å². The fraction of sp³-hybridized carbons (Fsp3) is 0.550. The van der Waals surface area contributed by atoms with Crippen LogP contribution in [0.5, 0.6) is 5.75 Å². The molecule has 0 bridgehead atoms. The standard InChI is InChI=1S/C20H28N2O5/c1-5-6-7-8-11-27-17(23)13-22-18(24)20(3,21-19(22)25)15-9-10-16(26-4)14(2)12-15/h9-10,12H,5-8,11,13H2,1-4H3,(H,21,25).